The molecule has 0 bridgehead atoms. The molecule has 0 radical (unpaired) electrons. The smallest absolute Gasteiger partial charge is 0.268 e. The minimum atomic E-state index is -0.221. The van der Waals surface area contributed by atoms with E-state index in [1.807, 2.05) is 50.4 Å². The molecule has 0 saturated heterocycles. The topological polar surface area (TPSA) is 81.3 Å². The van der Waals surface area contributed by atoms with Gasteiger partial charge in [0.05, 0.1) is 23.4 Å². The van der Waals surface area contributed by atoms with Crippen molar-refractivity contribution in [2.24, 2.45) is 5.92 Å². The van der Waals surface area contributed by atoms with Crippen LogP contribution in [-0.4, -0.2) is 31.6 Å². The van der Waals surface area contributed by atoms with E-state index in [2.05, 4.69) is 24.1 Å². The monoisotopic (exact) mass is 497 g/mol. The summed E-state index contributed by atoms with van der Waals surface area (Å²) < 4.78 is 3.33. The number of nitrogens with zero attached hydrogens (tertiary/aromatic N) is 4. The van der Waals surface area contributed by atoms with E-state index in [1.54, 1.807) is 4.68 Å². The quantitative estimate of drug-likeness (QED) is 0.394. The van der Waals surface area contributed by atoms with E-state index in [1.165, 1.54) is 15.7 Å². The van der Waals surface area contributed by atoms with Crippen LogP contribution < -0.4 is 10.9 Å². The van der Waals surface area contributed by atoms with Crippen LogP contribution in [-0.2, 0) is 11.2 Å². The number of rotatable bonds is 7. The number of aromatic nitrogens is 4. The molecule has 0 saturated carbocycles. The van der Waals surface area contributed by atoms with Gasteiger partial charge in [0.2, 0.25) is 5.91 Å². The fraction of sp³-hybridized carbons (Fsp3) is 0.360. The summed E-state index contributed by atoms with van der Waals surface area (Å²) in [6, 6.07) is 7.52. The molecule has 1 amide bonds. The molecule has 3 aromatic heterocycles. The summed E-state index contributed by atoms with van der Waals surface area (Å²) in [7, 11) is 0. The number of amides is 1. The van der Waals surface area contributed by atoms with Crippen molar-refractivity contribution in [2.45, 2.75) is 47.5 Å². The summed E-state index contributed by atoms with van der Waals surface area (Å²) in [5, 5.41) is 10.1. The van der Waals surface area contributed by atoms with E-state index in [4.69, 9.17) is 16.7 Å². The van der Waals surface area contributed by atoms with Crippen LogP contribution in [0.4, 0.5) is 0 Å². The van der Waals surface area contributed by atoms with E-state index < -0.39 is 0 Å². The second-order valence-electron chi connectivity index (χ2n) is 8.95. The standard InChI is InChI=1S/C25H28ClN5O2S/c1-14(2)8-9-27-22(32)12-19-13-34-25-28-17(5)23(24(33)30(19)25)20-10-16(4)31(29-20)21-11-18(26)7-6-15(21)3/h6-7,10-11,13-14H,8-9,12H2,1-5H3,(H,27,32). The Balaban J connectivity index is 1.73. The van der Waals surface area contributed by atoms with E-state index in [9.17, 15) is 9.59 Å². The van der Waals surface area contributed by atoms with Crippen molar-refractivity contribution < 1.29 is 4.79 Å². The molecule has 34 heavy (non-hydrogen) atoms. The fourth-order valence-electron chi connectivity index (χ4n) is 3.90. The van der Waals surface area contributed by atoms with Gasteiger partial charge in [-0.25, -0.2) is 9.67 Å². The summed E-state index contributed by atoms with van der Waals surface area (Å²) >= 11 is 7.57. The Labute approximate surface area is 207 Å². The third-order valence-electron chi connectivity index (χ3n) is 5.75. The summed E-state index contributed by atoms with van der Waals surface area (Å²) in [5.41, 5.74) is 4.74. The maximum Gasteiger partial charge on any atom is 0.268 e. The molecule has 1 N–H and O–H groups in total. The van der Waals surface area contributed by atoms with Gasteiger partial charge >= 0.3 is 0 Å². The van der Waals surface area contributed by atoms with Crippen LogP contribution in [0.1, 0.15) is 42.9 Å². The lowest BCUT2D eigenvalue weighted by atomic mass is 10.1. The van der Waals surface area contributed by atoms with E-state index in [-0.39, 0.29) is 17.9 Å². The van der Waals surface area contributed by atoms with Crippen molar-refractivity contribution in [3.8, 4) is 16.9 Å². The highest BCUT2D eigenvalue weighted by molar-refractivity contribution is 7.15. The molecule has 4 aromatic rings. The first-order chi connectivity index (χ1) is 16.2. The van der Waals surface area contributed by atoms with Crippen LogP contribution in [0.25, 0.3) is 21.9 Å². The molecule has 7 nitrogen and oxygen atoms in total. The number of aryl methyl sites for hydroxylation is 3. The molecule has 0 aliphatic heterocycles. The van der Waals surface area contributed by atoms with Gasteiger partial charge in [0.25, 0.3) is 5.56 Å². The van der Waals surface area contributed by atoms with Gasteiger partial charge in [-0.15, -0.1) is 11.3 Å². The molecule has 3 heterocycles. The van der Waals surface area contributed by atoms with Crippen molar-refractivity contribution >= 4 is 33.8 Å². The van der Waals surface area contributed by atoms with Gasteiger partial charge in [0.15, 0.2) is 4.96 Å². The first kappa shape index (κ1) is 24.2. The highest BCUT2D eigenvalue weighted by atomic mass is 35.5. The number of hydrogen-bond donors (Lipinski definition) is 1. The fourth-order valence-corrected chi connectivity index (χ4v) is 4.99. The maximum absolute atomic E-state index is 13.6. The predicted octanol–water partition coefficient (Wildman–Crippen LogP) is 4.89. The van der Waals surface area contributed by atoms with Crippen LogP contribution in [0.3, 0.4) is 0 Å². The Bertz CT molecular complexity index is 1430. The Hall–Kier alpha value is -2.97. The normalized spacial score (nSPS) is 11.5. The molecule has 0 aliphatic carbocycles. The van der Waals surface area contributed by atoms with Crippen molar-refractivity contribution in [2.75, 3.05) is 6.54 Å². The lowest BCUT2D eigenvalue weighted by Crippen LogP contribution is -2.28. The Morgan fingerprint density at radius 1 is 1.21 bits per heavy atom. The molecule has 0 atom stereocenters. The molecule has 178 valence electrons. The van der Waals surface area contributed by atoms with Gasteiger partial charge in [-0.3, -0.25) is 14.0 Å². The predicted molar refractivity (Wildman–Crippen MR) is 137 cm³/mol. The molecule has 0 spiro atoms. The first-order valence-corrected chi connectivity index (χ1v) is 12.5. The maximum atomic E-state index is 13.6. The minimum Gasteiger partial charge on any atom is -0.356 e. The largest absolute Gasteiger partial charge is 0.356 e. The van der Waals surface area contributed by atoms with Crippen molar-refractivity contribution in [1.29, 1.82) is 0 Å². The number of carbonyl (C=O) groups is 1. The number of benzene rings is 1. The van der Waals surface area contributed by atoms with Crippen LogP contribution in [0.15, 0.2) is 34.4 Å². The van der Waals surface area contributed by atoms with Gasteiger partial charge in [0, 0.05) is 28.3 Å². The van der Waals surface area contributed by atoms with Gasteiger partial charge in [-0.2, -0.15) is 5.10 Å². The number of fused-ring (bicyclic) bond motifs is 1. The SMILES string of the molecule is Cc1ccc(Cl)cc1-n1nc(-c2c(C)nc3scc(CC(=O)NCCC(C)C)n3c2=O)cc1C. The number of halogens is 1. The zero-order valence-corrected chi connectivity index (χ0v) is 21.5. The summed E-state index contributed by atoms with van der Waals surface area (Å²) in [5.74, 6) is 0.407. The lowest BCUT2D eigenvalue weighted by molar-refractivity contribution is -0.120. The summed E-state index contributed by atoms with van der Waals surface area (Å²) in [6.07, 6.45) is 1.03. The second-order valence-corrected chi connectivity index (χ2v) is 10.2. The zero-order chi connectivity index (χ0) is 24.6. The van der Waals surface area contributed by atoms with Crippen molar-refractivity contribution in [3.63, 3.8) is 0 Å². The average Bonchev–Trinajstić information content (AvgIpc) is 3.33. The van der Waals surface area contributed by atoms with E-state index >= 15 is 0 Å². The Morgan fingerprint density at radius 2 is 1.97 bits per heavy atom. The number of thiazole rings is 1. The lowest BCUT2D eigenvalue weighted by Gasteiger charge is -2.09. The second kappa shape index (κ2) is 9.72. The highest BCUT2D eigenvalue weighted by Crippen LogP contribution is 2.26. The number of nitrogens with one attached hydrogen (secondary N) is 1. The Morgan fingerprint density at radius 3 is 2.71 bits per heavy atom. The number of hydrogen-bond acceptors (Lipinski definition) is 5. The van der Waals surface area contributed by atoms with Crippen LogP contribution >= 0.6 is 22.9 Å². The average molecular weight is 498 g/mol. The molecule has 0 unspecified atom stereocenters. The minimum absolute atomic E-state index is 0.106. The summed E-state index contributed by atoms with van der Waals surface area (Å²) in [6.45, 7) is 10.6. The van der Waals surface area contributed by atoms with Crippen molar-refractivity contribution in [3.05, 3.63) is 67.7 Å². The molecule has 4 rings (SSSR count). The van der Waals surface area contributed by atoms with Gasteiger partial charge in [-0.1, -0.05) is 31.5 Å². The van der Waals surface area contributed by atoms with Gasteiger partial charge in [0.1, 0.15) is 5.69 Å². The highest BCUT2D eigenvalue weighted by Gasteiger charge is 2.20. The molecular formula is C25H28ClN5O2S. The zero-order valence-electron chi connectivity index (χ0n) is 20.0. The molecule has 9 heteroatoms. The van der Waals surface area contributed by atoms with Crippen LogP contribution in [0, 0.1) is 26.7 Å². The van der Waals surface area contributed by atoms with Gasteiger partial charge < -0.3 is 5.32 Å². The van der Waals surface area contributed by atoms with Crippen molar-refractivity contribution in [1.82, 2.24) is 24.5 Å². The Kier molecular flexibility index (Phi) is 6.91. The summed E-state index contributed by atoms with van der Waals surface area (Å²) in [4.78, 5) is 31.3. The molecule has 0 fully saturated rings. The van der Waals surface area contributed by atoms with Gasteiger partial charge in [-0.05, 0) is 56.9 Å². The van der Waals surface area contributed by atoms with E-state index in [0.29, 0.717) is 45.1 Å². The molecule has 0 aliphatic rings. The molecule has 1 aromatic carbocycles. The molecular weight excluding hydrogens is 470 g/mol. The van der Waals surface area contributed by atoms with Crippen LogP contribution in [0.5, 0.6) is 0 Å². The van der Waals surface area contributed by atoms with Crippen LogP contribution in [0.2, 0.25) is 5.02 Å². The number of carbonyl (C=O) groups excluding carboxylic acids is 1. The first-order valence-electron chi connectivity index (χ1n) is 11.3. The van der Waals surface area contributed by atoms with E-state index in [0.717, 1.165) is 23.4 Å². The third-order valence-corrected chi connectivity index (χ3v) is 6.86. The third kappa shape index (κ3) is 4.79.